The lowest BCUT2D eigenvalue weighted by molar-refractivity contribution is 0.510. The van der Waals surface area contributed by atoms with Gasteiger partial charge in [-0.15, -0.1) is 0 Å². The second-order valence-corrected chi connectivity index (χ2v) is 3.80. The molecule has 98 valence electrons. The van der Waals surface area contributed by atoms with Gasteiger partial charge in [0.1, 0.15) is 28.8 Å². The van der Waals surface area contributed by atoms with Crippen molar-refractivity contribution in [2.45, 2.75) is 0 Å². The van der Waals surface area contributed by atoms with Crippen LogP contribution < -0.4 is 5.73 Å². The molecule has 1 heterocycles. The molecule has 0 aliphatic carbocycles. The summed E-state index contributed by atoms with van der Waals surface area (Å²) in [5.41, 5.74) is 3.84. The SMILES string of the molecule is C=C(O)c1nc(-c2c(F)cccc2F)c(F)cc1N. The average Bonchev–Trinajstić information content (AvgIpc) is 2.30. The summed E-state index contributed by atoms with van der Waals surface area (Å²) in [7, 11) is 0. The molecule has 0 aliphatic heterocycles. The molecule has 0 saturated carbocycles. The molecule has 0 spiro atoms. The maximum Gasteiger partial charge on any atom is 0.151 e. The molecular formula is C13H9F3N2O. The molecule has 0 atom stereocenters. The van der Waals surface area contributed by atoms with Crippen LogP contribution in [0.25, 0.3) is 17.0 Å². The van der Waals surface area contributed by atoms with E-state index >= 15 is 0 Å². The summed E-state index contributed by atoms with van der Waals surface area (Å²) in [5, 5.41) is 9.26. The molecule has 2 aromatic rings. The van der Waals surface area contributed by atoms with Crippen LogP contribution in [0.3, 0.4) is 0 Å². The van der Waals surface area contributed by atoms with Crippen LogP contribution in [-0.2, 0) is 0 Å². The van der Waals surface area contributed by atoms with Gasteiger partial charge in [-0.25, -0.2) is 18.2 Å². The van der Waals surface area contributed by atoms with E-state index in [1.165, 1.54) is 0 Å². The van der Waals surface area contributed by atoms with Gasteiger partial charge in [0.05, 0.1) is 11.3 Å². The van der Waals surface area contributed by atoms with Gasteiger partial charge in [-0.3, -0.25) is 0 Å². The highest BCUT2D eigenvalue weighted by molar-refractivity contribution is 5.71. The molecule has 0 saturated heterocycles. The van der Waals surface area contributed by atoms with Gasteiger partial charge in [0, 0.05) is 6.07 Å². The Bertz CT molecular complexity index is 651. The van der Waals surface area contributed by atoms with Crippen molar-refractivity contribution in [2.24, 2.45) is 0 Å². The second-order valence-electron chi connectivity index (χ2n) is 3.80. The largest absolute Gasteiger partial charge is 0.506 e. The summed E-state index contributed by atoms with van der Waals surface area (Å²) in [6.07, 6.45) is 0. The number of hydrogen-bond donors (Lipinski definition) is 2. The number of nitrogen functional groups attached to an aromatic ring is 1. The van der Waals surface area contributed by atoms with Crippen molar-refractivity contribution in [1.29, 1.82) is 0 Å². The Morgan fingerprint density at radius 1 is 1.16 bits per heavy atom. The van der Waals surface area contributed by atoms with E-state index in [2.05, 4.69) is 11.6 Å². The highest BCUT2D eigenvalue weighted by Crippen LogP contribution is 2.30. The minimum absolute atomic E-state index is 0.175. The first-order valence-electron chi connectivity index (χ1n) is 5.20. The van der Waals surface area contributed by atoms with Crippen molar-refractivity contribution in [1.82, 2.24) is 4.98 Å². The zero-order valence-corrected chi connectivity index (χ0v) is 9.62. The molecule has 6 heteroatoms. The number of hydrogen-bond acceptors (Lipinski definition) is 3. The Balaban J connectivity index is 2.76. The highest BCUT2D eigenvalue weighted by Gasteiger charge is 2.19. The summed E-state index contributed by atoms with van der Waals surface area (Å²) < 4.78 is 40.9. The number of anilines is 1. The van der Waals surface area contributed by atoms with Crippen molar-refractivity contribution in [3.63, 3.8) is 0 Å². The number of nitrogens with zero attached hydrogens (tertiary/aromatic N) is 1. The summed E-state index contributed by atoms with van der Waals surface area (Å²) in [6, 6.07) is 3.92. The number of aromatic nitrogens is 1. The highest BCUT2D eigenvalue weighted by atomic mass is 19.1. The summed E-state index contributed by atoms with van der Waals surface area (Å²) >= 11 is 0. The third-order valence-corrected chi connectivity index (χ3v) is 2.48. The normalized spacial score (nSPS) is 10.5. The van der Waals surface area contributed by atoms with Gasteiger partial charge in [0.2, 0.25) is 0 Å². The molecule has 0 fully saturated rings. The molecule has 0 amide bonds. The van der Waals surface area contributed by atoms with E-state index < -0.39 is 34.5 Å². The van der Waals surface area contributed by atoms with Crippen LogP contribution in [0.15, 0.2) is 30.8 Å². The quantitative estimate of drug-likeness (QED) is 0.820. The van der Waals surface area contributed by atoms with Crippen LogP contribution in [0.2, 0.25) is 0 Å². The average molecular weight is 266 g/mol. The van der Waals surface area contributed by atoms with E-state index in [1.807, 2.05) is 0 Å². The third-order valence-electron chi connectivity index (χ3n) is 2.48. The molecule has 2 rings (SSSR count). The molecule has 0 bridgehead atoms. The molecule has 19 heavy (non-hydrogen) atoms. The van der Waals surface area contributed by atoms with Crippen molar-refractivity contribution >= 4 is 11.4 Å². The molecule has 0 radical (unpaired) electrons. The van der Waals surface area contributed by atoms with Crippen molar-refractivity contribution in [3.8, 4) is 11.3 Å². The summed E-state index contributed by atoms with van der Waals surface area (Å²) in [4.78, 5) is 3.63. The first kappa shape index (κ1) is 12.9. The minimum atomic E-state index is -0.994. The lowest BCUT2D eigenvalue weighted by Gasteiger charge is -2.09. The third kappa shape index (κ3) is 2.24. The molecule has 3 N–H and O–H groups in total. The maximum atomic E-state index is 13.8. The van der Waals surface area contributed by atoms with E-state index in [9.17, 15) is 18.3 Å². The Hall–Kier alpha value is -2.50. The molecule has 3 nitrogen and oxygen atoms in total. The molecule has 0 unspecified atom stereocenters. The van der Waals surface area contributed by atoms with E-state index in [1.54, 1.807) is 0 Å². The van der Waals surface area contributed by atoms with Gasteiger partial charge >= 0.3 is 0 Å². The molecule has 0 aliphatic rings. The molecule has 1 aromatic heterocycles. The van der Waals surface area contributed by atoms with Crippen LogP contribution in [0.5, 0.6) is 0 Å². The second kappa shape index (κ2) is 4.64. The fraction of sp³-hybridized carbons (Fsp3) is 0. The van der Waals surface area contributed by atoms with E-state index in [0.29, 0.717) is 0 Å². The van der Waals surface area contributed by atoms with Gasteiger partial charge in [0.25, 0.3) is 0 Å². The van der Waals surface area contributed by atoms with Crippen LogP contribution in [0, 0.1) is 17.5 Å². The number of rotatable bonds is 2. The zero-order valence-electron chi connectivity index (χ0n) is 9.62. The van der Waals surface area contributed by atoms with Gasteiger partial charge < -0.3 is 10.8 Å². The topological polar surface area (TPSA) is 59.1 Å². The van der Waals surface area contributed by atoms with Crippen LogP contribution in [-0.4, -0.2) is 10.1 Å². The van der Waals surface area contributed by atoms with Gasteiger partial charge in [-0.05, 0) is 12.1 Å². The first-order chi connectivity index (χ1) is 8.91. The van der Waals surface area contributed by atoms with Gasteiger partial charge in [-0.2, -0.15) is 0 Å². The number of aliphatic hydroxyl groups excluding tert-OH is 1. The van der Waals surface area contributed by atoms with Crippen molar-refractivity contribution < 1.29 is 18.3 Å². The van der Waals surface area contributed by atoms with E-state index in [4.69, 9.17) is 5.73 Å². The fourth-order valence-electron chi connectivity index (χ4n) is 1.63. The van der Waals surface area contributed by atoms with Gasteiger partial charge in [-0.1, -0.05) is 12.6 Å². The summed E-state index contributed by atoms with van der Waals surface area (Å²) in [6.45, 7) is 3.20. The lowest BCUT2D eigenvalue weighted by atomic mass is 10.1. The molecule has 1 aromatic carbocycles. The number of benzene rings is 1. The number of aliphatic hydroxyl groups is 1. The van der Waals surface area contributed by atoms with Gasteiger partial charge in [0.15, 0.2) is 5.82 Å². The van der Waals surface area contributed by atoms with E-state index in [0.717, 1.165) is 24.3 Å². The fourth-order valence-corrected chi connectivity index (χ4v) is 1.63. The Morgan fingerprint density at radius 2 is 1.74 bits per heavy atom. The van der Waals surface area contributed by atoms with Crippen molar-refractivity contribution in [3.05, 3.63) is 54.0 Å². The minimum Gasteiger partial charge on any atom is -0.506 e. The lowest BCUT2D eigenvalue weighted by Crippen LogP contribution is -2.03. The predicted octanol–water partition coefficient (Wildman–Crippen LogP) is 3.28. The Labute approximate surface area is 106 Å². The molecular weight excluding hydrogens is 257 g/mol. The number of pyridine rings is 1. The van der Waals surface area contributed by atoms with Crippen LogP contribution in [0.4, 0.5) is 18.9 Å². The predicted molar refractivity (Wildman–Crippen MR) is 65.6 cm³/mol. The standard InChI is InChI=1S/C13H9F3N2O/c1-6(19)12-10(17)5-9(16)13(18-12)11-7(14)3-2-4-8(11)15/h2-5,19H,1,17H2. The zero-order chi connectivity index (χ0) is 14.2. The first-order valence-corrected chi connectivity index (χ1v) is 5.20. The monoisotopic (exact) mass is 266 g/mol. The van der Waals surface area contributed by atoms with E-state index in [-0.39, 0.29) is 11.4 Å². The Kier molecular flexibility index (Phi) is 3.16. The van der Waals surface area contributed by atoms with Crippen LogP contribution >= 0.6 is 0 Å². The summed E-state index contributed by atoms with van der Waals surface area (Å²) in [5.74, 6) is -3.45. The van der Waals surface area contributed by atoms with Crippen molar-refractivity contribution in [2.75, 3.05) is 5.73 Å². The maximum absolute atomic E-state index is 13.8. The number of nitrogens with two attached hydrogens (primary N) is 1. The smallest absolute Gasteiger partial charge is 0.151 e. The number of halogens is 3. The van der Waals surface area contributed by atoms with Crippen LogP contribution in [0.1, 0.15) is 5.69 Å². The Morgan fingerprint density at radius 3 is 2.26 bits per heavy atom.